The van der Waals surface area contributed by atoms with Crippen molar-refractivity contribution in [2.75, 3.05) is 25.6 Å². The van der Waals surface area contributed by atoms with Gasteiger partial charge in [0.1, 0.15) is 11.7 Å². The maximum atomic E-state index is 13.0. The van der Waals surface area contributed by atoms with Crippen LogP contribution in [0.15, 0.2) is 41.8 Å². The van der Waals surface area contributed by atoms with Gasteiger partial charge in [-0.05, 0) is 49.6 Å². The van der Waals surface area contributed by atoms with Crippen LogP contribution in [0.4, 0.5) is 5.69 Å². The van der Waals surface area contributed by atoms with Crippen LogP contribution in [0.25, 0.3) is 0 Å². The number of rotatable bonds is 10. The molecule has 2 atom stereocenters. The Bertz CT molecular complexity index is 902. The van der Waals surface area contributed by atoms with Crippen molar-refractivity contribution in [2.24, 2.45) is 11.8 Å². The van der Waals surface area contributed by atoms with E-state index in [9.17, 15) is 19.6 Å². The highest BCUT2D eigenvalue weighted by atomic mass is 32.1. The van der Waals surface area contributed by atoms with Crippen LogP contribution in [0.3, 0.4) is 0 Å². The summed E-state index contributed by atoms with van der Waals surface area (Å²) in [5.74, 6) is -5.58. The number of nitrogens with zero attached hydrogens (tertiary/aromatic N) is 1. The summed E-state index contributed by atoms with van der Waals surface area (Å²) in [6.45, 7) is 3.30. The molecule has 1 heterocycles. The Morgan fingerprint density at radius 1 is 1.06 bits per heavy atom. The van der Waals surface area contributed by atoms with E-state index < -0.39 is 35.6 Å². The molecule has 2 unspecified atom stereocenters. The Hall–Kier alpha value is -3.38. The molecule has 0 aliphatic heterocycles. The van der Waals surface area contributed by atoms with Crippen LogP contribution in [0.5, 0.6) is 5.75 Å². The number of carbonyl (C=O) groups is 3. The van der Waals surface area contributed by atoms with Gasteiger partial charge in [0.25, 0.3) is 0 Å². The second-order valence-electron chi connectivity index (χ2n) is 6.35. The van der Waals surface area contributed by atoms with Crippen LogP contribution >= 0.6 is 11.3 Å². The van der Waals surface area contributed by atoms with Gasteiger partial charge in [-0.2, -0.15) is 5.26 Å². The zero-order valence-corrected chi connectivity index (χ0v) is 18.3. The smallest absolute Gasteiger partial charge is 0.321 e. The summed E-state index contributed by atoms with van der Waals surface area (Å²) in [4.78, 5) is 39.0. The summed E-state index contributed by atoms with van der Waals surface area (Å²) >= 11 is 1.24. The van der Waals surface area contributed by atoms with Crippen LogP contribution in [0, 0.1) is 23.2 Å². The van der Waals surface area contributed by atoms with Gasteiger partial charge >= 0.3 is 11.9 Å². The van der Waals surface area contributed by atoms with Gasteiger partial charge in [-0.1, -0.05) is 6.07 Å². The van der Waals surface area contributed by atoms with E-state index in [1.807, 2.05) is 6.07 Å². The van der Waals surface area contributed by atoms with Crippen molar-refractivity contribution in [2.45, 2.75) is 19.8 Å². The van der Waals surface area contributed by atoms with Gasteiger partial charge in [0, 0.05) is 16.5 Å². The third-order valence-electron chi connectivity index (χ3n) is 4.45. The molecular formula is C22H24N2O6S. The first-order valence-corrected chi connectivity index (χ1v) is 10.6. The number of esters is 2. The third-order valence-corrected chi connectivity index (χ3v) is 5.42. The number of hydrogen-bond donors (Lipinski definition) is 1. The topological polar surface area (TPSA) is 115 Å². The summed E-state index contributed by atoms with van der Waals surface area (Å²) in [6, 6.07) is 11.9. The minimum absolute atomic E-state index is 0.0428. The van der Waals surface area contributed by atoms with Crippen LogP contribution in [-0.4, -0.2) is 38.2 Å². The van der Waals surface area contributed by atoms with E-state index in [1.54, 1.807) is 55.6 Å². The quantitative estimate of drug-likeness (QED) is 0.441. The molecule has 0 spiro atoms. The Morgan fingerprint density at radius 2 is 1.68 bits per heavy atom. The van der Waals surface area contributed by atoms with E-state index in [2.05, 4.69) is 5.32 Å². The van der Waals surface area contributed by atoms with Gasteiger partial charge in [0.05, 0.1) is 26.4 Å². The van der Waals surface area contributed by atoms with Gasteiger partial charge < -0.3 is 19.5 Å². The summed E-state index contributed by atoms with van der Waals surface area (Å²) in [7, 11) is 1.52. The molecule has 0 aliphatic carbocycles. The maximum absolute atomic E-state index is 13.0. The number of nitriles is 1. The van der Waals surface area contributed by atoms with E-state index in [1.165, 1.54) is 18.4 Å². The van der Waals surface area contributed by atoms with E-state index in [0.29, 0.717) is 16.3 Å². The number of anilines is 1. The Morgan fingerprint density at radius 3 is 2.13 bits per heavy atom. The summed E-state index contributed by atoms with van der Waals surface area (Å²) in [6.07, 6.45) is 0. The van der Waals surface area contributed by atoms with Crippen molar-refractivity contribution in [3.8, 4) is 11.8 Å². The Kier molecular flexibility index (Phi) is 9.03. The maximum Gasteiger partial charge on any atom is 0.321 e. The second kappa shape index (κ2) is 11.7. The molecule has 1 N–H and O–H groups in total. The predicted molar refractivity (Wildman–Crippen MR) is 115 cm³/mol. The first-order chi connectivity index (χ1) is 15.0. The molecule has 0 fully saturated rings. The lowest BCUT2D eigenvalue weighted by molar-refractivity contribution is -0.163. The number of nitrogens with one attached hydrogen (secondary N) is 1. The molecule has 8 nitrogen and oxygen atoms in total. The Labute approximate surface area is 184 Å². The third kappa shape index (κ3) is 6.06. The van der Waals surface area contributed by atoms with Crippen LogP contribution in [-0.2, 0) is 23.9 Å². The molecule has 0 saturated carbocycles. The van der Waals surface area contributed by atoms with Crippen LogP contribution < -0.4 is 10.1 Å². The lowest BCUT2D eigenvalue weighted by Crippen LogP contribution is -2.39. The van der Waals surface area contributed by atoms with Gasteiger partial charge in [0.2, 0.25) is 5.91 Å². The molecule has 1 aromatic carbocycles. The minimum atomic E-state index is -1.45. The van der Waals surface area contributed by atoms with Crippen molar-refractivity contribution in [1.82, 2.24) is 0 Å². The monoisotopic (exact) mass is 444 g/mol. The van der Waals surface area contributed by atoms with Crippen molar-refractivity contribution < 1.29 is 28.6 Å². The molecule has 1 amide bonds. The Balaban J connectivity index is 2.42. The van der Waals surface area contributed by atoms with Crippen molar-refractivity contribution in [1.29, 1.82) is 5.26 Å². The van der Waals surface area contributed by atoms with Gasteiger partial charge in [-0.3, -0.25) is 14.4 Å². The lowest BCUT2D eigenvalue weighted by Gasteiger charge is -2.26. The number of hydrogen-bond acceptors (Lipinski definition) is 8. The fraction of sp³-hybridized carbons (Fsp3) is 0.364. The number of carbonyl (C=O) groups excluding carboxylic acids is 3. The highest BCUT2D eigenvalue weighted by molar-refractivity contribution is 7.10. The fourth-order valence-corrected chi connectivity index (χ4v) is 3.95. The van der Waals surface area contributed by atoms with E-state index in [0.717, 1.165) is 0 Å². The minimum Gasteiger partial charge on any atom is -0.497 e. The van der Waals surface area contributed by atoms with Crippen molar-refractivity contribution >= 4 is 34.9 Å². The number of methoxy groups -OCH3 is 1. The fourth-order valence-electron chi connectivity index (χ4n) is 3.05. The van der Waals surface area contributed by atoms with E-state index in [4.69, 9.17) is 14.2 Å². The zero-order chi connectivity index (χ0) is 22.8. The summed E-state index contributed by atoms with van der Waals surface area (Å²) in [5, 5.41) is 14.3. The SMILES string of the molecule is CCOC(=O)C(C(=O)OCC)C(c1cccs1)C(C#N)C(=O)Nc1ccc(OC)cc1. The average molecular weight is 445 g/mol. The first kappa shape index (κ1) is 23.9. The number of benzene rings is 1. The first-order valence-electron chi connectivity index (χ1n) is 9.67. The molecule has 31 heavy (non-hydrogen) atoms. The van der Waals surface area contributed by atoms with E-state index in [-0.39, 0.29) is 13.2 Å². The molecule has 2 aromatic rings. The average Bonchev–Trinajstić information content (AvgIpc) is 3.29. The van der Waals surface area contributed by atoms with Crippen LogP contribution in [0.1, 0.15) is 24.6 Å². The van der Waals surface area contributed by atoms with Gasteiger partial charge in [0.15, 0.2) is 5.92 Å². The molecule has 0 saturated heterocycles. The normalized spacial score (nSPS) is 12.4. The number of amides is 1. The molecule has 0 radical (unpaired) electrons. The molecular weight excluding hydrogens is 420 g/mol. The van der Waals surface area contributed by atoms with Crippen molar-refractivity contribution in [3.05, 3.63) is 46.7 Å². The van der Waals surface area contributed by atoms with Gasteiger partial charge in [-0.15, -0.1) is 11.3 Å². The molecule has 0 aliphatic rings. The summed E-state index contributed by atoms with van der Waals surface area (Å²) < 4.78 is 15.3. The van der Waals surface area contributed by atoms with Crippen LogP contribution in [0.2, 0.25) is 0 Å². The largest absolute Gasteiger partial charge is 0.497 e. The second-order valence-corrected chi connectivity index (χ2v) is 7.33. The standard InChI is InChI=1S/C22H24N2O6S/c1-4-29-21(26)19(22(27)30-5-2)18(17-7-6-12-31-17)16(13-23)20(25)24-14-8-10-15(28-3)11-9-14/h6-12,16,18-19H,4-5H2,1-3H3,(H,24,25). The number of ether oxygens (including phenoxy) is 3. The molecule has 9 heteroatoms. The molecule has 1 aromatic heterocycles. The van der Waals surface area contributed by atoms with E-state index >= 15 is 0 Å². The highest BCUT2D eigenvalue weighted by Crippen LogP contribution is 2.37. The predicted octanol–water partition coefficient (Wildman–Crippen LogP) is 3.36. The highest BCUT2D eigenvalue weighted by Gasteiger charge is 2.46. The lowest BCUT2D eigenvalue weighted by atomic mass is 9.80. The molecule has 0 bridgehead atoms. The van der Waals surface area contributed by atoms with Crippen molar-refractivity contribution in [3.63, 3.8) is 0 Å². The molecule has 2 rings (SSSR count). The molecule has 164 valence electrons. The summed E-state index contributed by atoms with van der Waals surface area (Å²) in [5.41, 5.74) is 0.444. The number of thiophene rings is 1. The van der Waals surface area contributed by atoms with Gasteiger partial charge in [-0.25, -0.2) is 0 Å². The zero-order valence-electron chi connectivity index (χ0n) is 17.5.